The van der Waals surface area contributed by atoms with Crippen molar-refractivity contribution in [3.8, 4) is 0 Å². The van der Waals surface area contributed by atoms with Crippen LogP contribution in [0, 0.1) is 0 Å². The Labute approximate surface area is 148 Å². The Morgan fingerprint density at radius 1 is 1.00 bits per heavy atom. The van der Waals surface area contributed by atoms with E-state index in [9.17, 15) is 13.2 Å². The first-order valence-corrected chi connectivity index (χ1v) is 9.96. The lowest BCUT2D eigenvalue weighted by Gasteiger charge is -2.25. The summed E-state index contributed by atoms with van der Waals surface area (Å²) in [5.41, 5.74) is 3.33. The van der Waals surface area contributed by atoms with Gasteiger partial charge in [-0.05, 0) is 60.4 Å². The van der Waals surface area contributed by atoms with Gasteiger partial charge in [-0.3, -0.25) is 9.52 Å². The molecule has 0 saturated heterocycles. The van der Waals surface area contributed by atoms with E-state index in [2.05, 4.69) is 20.7 Å². The number of carbonyl (C=O) groups is 1. The smallest absolute Gasteiger partial charge is 0.261 e. The van der Waals surface area contributed by atoms with Crippen LogP contribution in [0.25, 0.3) is 0 Å². The maximum absolute atomic E-state index is 12.7. The predicted molar refractivity (Wildman–Crippen MR) is 95.8 cm³/mol. The number of amides is 1. The summed E-state index contributed by atoms with van der Waals surface area (Å²) in [6, 6.07) is 10.4. The number of sulfonamides is 1. The third kappa shape index (κ3) is 2.61. The Morgan fingerprint density at radius 2 is 1.67 bits per heavy atom. The van der Waals surface area contributed by atoms with E-state index >= 15 is 0 Å². The molecular formula is C17H15BrN2O3S. The lowest BCUT2D eigenvalue weighted by molar-refractivity contribution is -0.118. The van der Waals surface area contributed by atoms with Gasteiger partial charge in [-0.15, -0.1) is 0 Å². The summed E-state index contributed by atoms with van der Waals surface area (Å²) in [7, 11) is -3.66. The SMILES string of the molecule is O=C1CCc2cc(S(=O)(=O)Nc3ccc(Br)cc3)cc3c2N1CC3. The molecule has 2 aliphatic heterocycles. The number of carbonyl (C=O) groups excluding carboxylic acids is 1. The normalized spacial score (nSPS) is 16.2. The topological polar surface area (TPSA) is 66.5 Å². The van der Waals surface area contributed by atoms with Gasteiger partial charge in [0.2, 0.25) is 5.91 Å². The van der Waals surface area contributed by atoms with Crippen molar-refractivity contribution in [3.05, 3.63) is 52.0 Å². The molecule has 7 heteroatoms. The molecule has 4 rings (SSSR count). The third-order valence-corrected chi connectivity index (χ3v) is 6.32. The average molecular weight is 407 g/mol. The molecule has 0 bridgehead atoms. The molecule has 24 heavy (non-hydrogen) atoms. The Kier molecular flexibility index (Phi) is 3.65. The highest BCUT2D eigenvalue weighted by molar-refractivity contribution is 9.10. The number of nitrogens with zero attached hydrogens (tertiary/aromatic N) is 1. The molecule has 5 nitrogen and oxygen atoms in total. The second-order valence-corrected chi connectivity index (χ2v) is 8.60. The number of anilines is 2. The minimum atomic E-state index is -3.66. The minimum Gasteiger partial charge on any atom is -0.312 e. The summed E-state index contributed by atoms with van der Waals surface area (Å²) in [6.07, 6.45) is 1.74. The zero-order chi connectivity index (χ0) is 16.9. The van der Waals surface area contributed by atoms with E-state index in [0.717, 1.165) is 21.3 Å². The third-order valence-electron chi connectivity index (χ3n) is 4.43. The molecule has 0 aromatic heterocycles. The maximum atomic E-state index is 12.7. The van der Waals surface area contributed by atoms with Gasteiger partial charge in [0.15, 0.2) is 0 Å². The van der Waals surface area contributed by atoms with Crippen LogP contribution in [-0.4, -0.2) is 20.9 Å². The predicted octanol–water partition coefficient (Wildman–Crippen LogP) is 3.09. The first kappa shape index (κ1) is 15.7. The quantitative estimate of drug-likeness (QED) is 0.851. The van der Waals surface area contributed by atoms with Crippen molar-refractivity contribution < 1.29 is 13.2 Å². The highest BCUT2D eigenvalue weighted by Gasteiger charge is 2.32. The van der Waals surface area contributed by atoms with Crippen molar-refractivity contribution in [2.45, 2.75) is 24.2 Å². The molecule has 1 amide bonds. The molecular weight excluding hydrogens is 392 g/mol. The number of aryl methyl sites for hydroxylation is 1. The van der Waals surface area contributed by atoms with E-state index in [-0.39, 0.29) is 10.8 Å². The Morgan fingerprint density at radius 3 is 2.38 bits per heavy atom. The van der Waals surface area contributed by atoms with Gasteiger partial charge in [-0.2, -0.15) is 0 Å². The van der Waals surface area contributed by atoms with Crippen molar-refractivity contribution in [2.24, 2.45) is 0 Å². The van der Waals surface area contributed by atoms with Crippen molar-refractivity contribution in [2.75, 3.05) is 16.2 Å². The number of hydrogen-bond donors (Lipinski definition) is 1. The summed E-state index contributed by atoms with van der Waals surface area (Å²) in [5.74, 6) is 0.129. The molecule has 0 unspecified atom stereocenters. The zero-order valence-corrected chi connectivity index (χ0v) is 15.2. The van der Waals surface area contributed by atoms with Crippen LogP contribution < -0.4 is 9.62 Å². The van der Waals surface area contributed by atoms with Gasteiger partial charge in [0.1, 0.15) is 0 Å². The number of rotatable bonds is 3. The lowest BCUT2D eigenvalue weighted by atomic mass is 10.00. The first-order valence-electron chi connectivity index (χ1n) is 7.68. The van der Waals surface area contributed by atoms with Crippen LogP contribution in [-0.2, 0) is 27.7 Å². The molecule has 0 aliphatic carbocycles. The highest BCUT2D eigenvalue weighted by atomic mass is 79.9. The summed E-state index contributed by atoms with van der Waals surface area (Å²) in [5, 5.41) is 0. The summed E-state index contributed by atoms with van der Waals surface area (Å²) >= 11 is 3.33. The molecule has 1 N–H and O–H groups in total. The van der Waals surface area contributed by atoms with Crippen molar-refractivity contribution in [3.63, 3.8) is 0 Å². The van der Waals surface area contributed by atoms with Crippen LogP contribution in [0.4, 0.5) is 11.4 Å². The van der Waals surface area contributed by atoms with E-state index in [0.29, 0.717) is 31.5 Å². The molecule has 0 radical (unpaired) electrons. The minimum absolute atomic E-state index is 0.129. The fourth-order valence-corrected chi connectivity index (χ4v) is 4.74. The fourth-order valence-electron chi connectivity index (χ4n) is 3.31. The van der Waals surface area contributed by atoms with Crippen LogP contribution in [0.1, 0.15) is 17.5 Å². The van der Waals surface area contributed by atoms with Gasteiger partial charge in [-0.25, -0.2) is 8.42 Å². The highest BCUT2D eigenvalue weighted by Crippen LogP contribution is 2.38. The van der Waals surface area contributed by atoms with E-state index in [1.54, 1.807) is 41.3 Å². The second-order valence-electron chi connectivity index (χ2n) is 6.00. The molecule has 0 fully saturated rings. The molecule has 2 aromatic carbocycles. The van der Waals surface area contributed by atoms with Crippen molar-refractivity contribution in [1.29, 1.82) is 0 Å². The standard InChI is InChI=1S/C17H15BrN2O3S/c18-13-2-4-14(5-3-13)19-24(22,23)15-9-11-1-6-16(21)20-8-7-12(10-15)17(11)20/h2-5,9-10,19H,1,6-8H2. The molecule has 0 atom stereocenters. The van der Waals surface area contributed by atoms with Gasteiger partial charge < -0.3 is 4.90 Å². The van der Waals surface area contributed by atoms with Gasteiger partial charge in [0, 0.05) is 23.1 Å². The van der Waals surface area contributed by atoms with Gasteiger partial charge in [0.25, 0.3) is 10.0 Å². The second kappa shape index (κ2) is 5.60. The van der Waals surface area contributed by atoms with Crippen molar-refractivity contribution in [1.82, 2.24) is 0 Å². The Balaban J connectivity index is 1.72. The molecule has 2 aliphatic rings. The molecule has 2 aromatic rings. The molecule has 0 spiro atoms. The first-order chi connectivity index (χ1) is 11.4. The molecule has 2 heterocycles. The van der Waals surface area contributed by atoms with E-state index in [1.165, 1.54) is 0 Å². The van der Waals surface area contributed by atoms with Crippen LogP contribution >= 0.6 is 15.9 Å². The number of hydrogen-bond acceptors (Lipinski definition) is 3. The average Bonchev–Trinajstić information content (AvgIpc) is 2.98. The van der Waals surface area contributed by atoms with E-state index < -0.39 is 10.0 Å². The monoisotopic (exact) mass is 406 g/mol. The van der Waals surface area contributed by atoms with Gasteiger partial charge in [0.05, 0.1) is 10.6 Å². The van der Waals surface area contributed by atoms with E-state index in [4.69, 9.17) is 0 Å². The largest absolute Gasteiger partial charge is 0.312 e. The van der Waals surface area contributed by atoms with Crippen molar-refractivity contribution >= 4 is 43.2 Å². The number of benzene rings is 2. The number of nitrogens with one attached hydrogen (secondary N) is 1. The van der Waals surface area contributed by atoms with Gasteiger partial charge in [-0.1, -0.05) is 15.9 Å². The lowest BCUT2D eigenvalue weighted by Crippen LogP contribution is -2.33. The summed E-state index contributed by atoms with van der Waals surface area (Å²) in [6.45, 7) is 0.644. The fraction of sp³-hybridized carbons (Fsp3) is 0.235. The maximum Gasteiger partial charge on any atom is 0.261 e. The molecule has 124 valence electrons. The summed E-state index contributed by atoms with van der Waals surface area (Å²) < 4.78 is 28.9. The van der Waals surface area contributed by atoms with E-state index in [1.807, 2.05) is 0 Å². The van der Waals surface area contributed by atoms with Crippen LogP contribution in [0.5, 0.6) is 0 Å². The number of halogens is 1. The van der Waals surface area contributed by atoms with Crippen LogP contribution in [0.15, 0.2) is 45.8 Å². The van der Waals surface area contributed by atoms with Crippen LogP contribution in [0.3, 0.4) is 0 Å². The summed E-state index contributed by atoms with van der Waals surface area (Å²) in [4.78, 5) is 14.0. The Bertz CT molecular complexity index is 939. The zero-order valence-electron chi connectivity index (χ0n) is 12.8. The van der Waals surface area contributed by atoms with Crippen LogP contribution in [0.2, 0.25) is 0 Å². The van der Waals surface area contributed by atoms with Gasteiger partial charge >= 0.3 is 0 Å². The molecule has 0 saturated carbocycles. The Hall–Kier alpha value is -1.86.